The summed E-state index contributed by atoms with van der Waals surface area (Å²) in [4.78, 5) is 37.7. The molecule has 1 atom stereocenters. The number of hydrogen-bond acceptors (Lipinski definition) is 3. The number of para-hydroxylation sites is 1. The zero-order valence-corrected chi connectivity index (χ0v) is 14.2. The quantitative estimate of drug-likeness (QED) is 0.935. The summed E-state index contributed by atoms with van der Waals surface area (Å²) in [5, 5.41) is 3.25. The van der Waals surface area contributed by atoms with Crippen molar-refractivity contribution in [1.82, 2.24) is 14.5 Å². The molecule has 6 heteroatoms. The molecule has 0 unspecified atom stereocenters. The maximum absolute atomic E-state index is 12.8. The highest BCUT2D eigenvalue weighted by molar-refractivity contribution is 5.84. The predicted molar refractivity (Wildman–Crippen MR) is 90.8 cm³/mol. The van der Waals surface area contributed by atoms with Crippen LogP contribution in [0.5, 0.6) is 0 Å². The van der Waals surface area contributed by atoms with Gasteiger partial charge < -0.3 is 5.32 Å². The first-order valence-corrected chi connectivity index (χ1v) is 7.81. The molecule has 1 aromatic heterocycles. The highest BCUT2D eigenvalue weighted by Crippen LogP contribution is 2.14. The van der Waals surface area contributed by atoms with Crippen molar-refractivity contribution in [2.75, 3.05) is 0 Å². The Morgan fingerprint density at radius 3 is 2.17 bits per heavy atom. The van der Waals surface area contributed by atoms with Crippen molar-refractivity contribution in [2.24, 2.45) is 0 Å². The van der Waals surface area contributed by atoms with Crippen molar-refractivity contribution in [3.05, 3.63) is 45.1 Å². The standard InChI is InChI=1S/C17H23N3O3/c1-10(2)18-15(21)12(5)20-14-9-7-6-8-13(14)16(22)19(11(3)4)17(20)23/h6-12H,1-5H3,(H,18,21)/t12-/m1/s1. The van der Waals surface area contributed by atoms with E-state index in [4.69, 9.17) is 0 Å². The van der Waals surface area contributed by atoms with E-state index in [-0.39, 0.29) is 23.6 Å². The number of rotatable bonds is 4. The van der Waals surface area contributed by atoms with Gasteiger partial charge in [0.2, 0.25) is 5.91 Å². The average Bonchev–Trinajstić information content (AvgIpc) is 2.46. The van der Waals surface area contributed by atoms with Gasteiger partial charge in [-0.1, -0.05) is 12.1 Å². The largest absolute Gasteiger partial charge is 0.352 e. The van der Waals surface area contributed by atoms with Gasteiger partial charge in [0.15, 0.2) is 0 Å². The van der Waals surface area contributed by atoms with E-state index < -0.39 is 11.7 Å². The summed E-state index contributed by atoms with van der Waals surface area (Å²) in [6.07, 6.45) is 0. The van der Waals surface area contributed by atoms with Crippen molar-refractivity contribution in [1.29, 1.82) is 0 Å². The van der Waals surface area contributed by atoms with Gasteiger partial charge in [-0.05, 0) is 46.8 Å². The zero-order valence-electron chi connectivity index (χ0n) is 14.2. The Kier molecular flexibility index (Phi) is 4.73. The third-order valence-electron chi connectivity index (χ3n) is 3.74. The van der Waals surface area contributed by atoms with E-state index in [0.717, 1.165) is 0 Å². The molecule has 23 heavy (non-hydrogen) atoms. The topological polar surface area (TPSA) is 73.1 Å². The van der Waals surface area contributed by atoms with Gasteiger partial charge in [0, 0.05) is 12.1 Å². The van der Waals surface area contributed by atoms with Gasteiger partial charge in [-0.2, -0.15) is 0 Å². The Bertz CT molecular complexity index is 846. The smallest absolute Gasteiger partial charge is 0.332 e. The molecule has 0 saturated carbocycles. The van der Waals surface area contributed by atoms with Crippen LogP contribution >= 0.6 is 0 Å². The normalized spacial score (nSPS) is 12.8. The van der Waals surface area contributed by atoms with Gasteiger partial charge in [-0.25, -0.2) is 4.79 Å². The zero-order chi connectivity index (χ0) is 17.3. The first kappa shape index (κ1) is 17.0. The second kappa shape index (κ2) is 6.40. The van der Waals surface area contributed by atoms with Crippen LogP contribution in [0.25, 0.3) is 10.9 Å². The highest BCUT2D eigenvalue weighted by Gasteiger charge is 2.23. The average molecular weight is 317 g/mol. The second-order valence-corrected chi connectivity index (χ2v) is 6.28. The molecule has 2 rings (SSSR count). The molecule has 0 fully saturated rings. The first-order chi connectivity index (χ1) is 10.8. The summed E-state index contributed by atoms with van der Waals surface area (Å²) in [5.74, 6) is -0.249. The predicted octanol–water partition coefficient (Wildman–Crippen LogP) is 1.83. The SMILES string of the molecule is CC(C)NC(=O)[C@@H](C)n1c(=O)n(C(C)C)c(=O)c2ccccc21. The van der Waals surface area contributed by atoms with Crippen molar-refractivity contribution in [3.8, 4) is 0 Å². The van der Waals surface area contributed by atoms with Crippen molar-refractivity contribution < 1.29 is 4.79 Å². The van der Waals surface area contributed by atoms with Gasteiger partial charge in [-0.3, -0.25) is 18.7 Å². The number of hydrogen-bond donors (Lipinski definition) is 1. The van der Waals surface area contributed by atoms with Gasteiger partial charge in [0.1, 0.15) is 6.04 Å². The summed E-state index contributed by atoms with van der Waals surface area (Å²) in [7, 11) is 0. The number of amides is 1. The molecule has 0 spiro atoms. The molecule has 1 heterocycles. The Labute approximate surface area is 134 Å². The number of carbonyl (C=O) groups is 1. The van der Waals surface area contributed by atoms with Crippen LogP contribution in [0.2, 0.25) is 0 Å². The van der Waals surface area contributed by atoms with Crippen LogP contribution in [-0.2, 0) is 4.79 Å². The third kappa shape index (κ3) is 3.06. The molecule has 0 aliphatic rings. The molecule has 0 saturated heterocycles. The van der Waals surface area contributed by atoms with E-state index in [1.165, 1.54) is 9.13 Å². The number of fused-ring (bicyclic) bond motifs is 1. The Morgan fingerprint density at radius 1 is 1.00 bits per heavy atom. The molecule has 0 bridgehead atoms. The lowest BCUT2D eigenvalue weighted by molar-refractivity contribution is -0.124. The van der Waals surface area contributed by atoms with Gasteiger partial charge in [0.25, 0.3) is 5.56 Å². The third-order valence-corrected chi connectivity index (χ3v) is 3.74. The fourth-order valence-corrected chi connectivity index (χ4v) is 2.65. The van der Waals surface area contributed by atoms with E-state index in [9.17, 15) is 14.4 Å². The minimum Gasteiger partial charge on any atom is -0.352 e. The van der Waals surface area contributed by atoms with Crippen LogP contribution in [0.15, 0.2) is 33.9 Å². The summed E-state index contributed by atoms with van der Waals surface area (Å²) in [6, 6.07) is 5.86. The summed E-state index contributed by atoms with van der Waals surface area (Å²) in [5.41, 5.74) is -0.311. The monoisotopic (exact) mass is 317 g/mol. The molecule has 1 amide bonds. The van der Waals surface area contributed by atoms with Crippen LogP contribution in [0.1, 0.15) is 46.7 Å². The summed E-state index contributed by atoms with van der Waals surface area (Å²) in [6.45, 7) is 8.95. The van der Waals surface area contributed by atoms with E-state index in [2.05, 4.69) is 5.32 Å². The number of benzene rings is 1. The second-order valence-electron chi connectivity index (χ2n) is 6.28. The number of aromatic nitrogens is 2. The minimum atomic E-state index is -0.708. The number of nitrogens with zero attached hydrogens (tertiary/aromatic N) is 2. The van der Waals surface area contributed by atoms with E-state index in [0.29, 0.717) is 10.9 Å². The molecule has 0 aliphatic heterocycles. The fourth-order valence-electron chi connectivity index (χ4n) is 2.65. The molecule has 6 nitrogen and oxygen atoms in total. The lowest BCUT2D eigenvalue weighted by Gasteiger charge is -2.21. The maximum atomic E-state index is 12.8. The van der Waals surface area contributed by atoms with Crippen LogP contribution in [0, 0.1) is 0 Å². The van der Waals surface area contributed by atoms with Gasteiger partial charge in [0.05, 0.1) is 10.9 Å². The Hall–Kier alpha value is -2.37. The lowest BCUT2D eigenvalue weighted by Crippen LogP contribution is -2.45. The molecule has 124 valence electrons. The van der Waals surface area contributed by atoms with E-state index in [1.807, 2.05) is 13.8 Å². The van der Waals surface area contributed by atoms with E-state index in [1.54, 1.807) is 45.0 Å². The maximum Gasteiger partial charge on any atom is 0.332 e. The molecular formula is C17H23N3O3. The van der Waals surface area contributed by atoms with Crippen molar-refractivity contribution >= 4 is 16.8 Å². The molecule has 0 aliphatic carbocycles. The highest BCUT2D eigenvalue weighted by atomic mass is 16.2. The summed E-state index contributed by atoms with van der Waals surface area (Å²) < 4.78 is 2.59. The minimum absolute atomic E-state index is 0.0251. The Morgan fingerprint density at radius 2 is 1.61 bits per heavy atom. The first-order valence-electron chi connectivity index (χ1n) is 7.81. The van der Waals surface area contributed by atoms with Crippen LogP contribution in [0.3, 0.4) is 0 Å². The van der Waals surface area contributed by atoms with Crippen molar-refractivity contribution in [2.45, 2.75) is 52.7 Å². The molecule has 1 N–H and O–H groups in total. The van der Waals surface area contributed by atoms with Crippen LogP contribution < -0.4 is 16.6 Å². The number of nitrogens with one attached hydrogen (secondary N) is 1. The molecule has 1 aromatic carbocycles. The fraction of sp³-hybridized carbons (Fsp3) is 0.471. The molecular weight excluding hydrogens is 294 g/mol. The lowest BCUT2D eigenvalue weighted by atomic mass is 10.2. The van der Waals surface area contributed by atoms with Crippen LogP contribution in [0.4, 0.5) is 0 Å². The molecule has 0 radical (unpaired) electrons. The number of carbonyl (C=O) groups excluding carboxylic acids is 1. The van der Waals surface area contributed by atoms with Gasteiger partial charge in [-0.15, -0.1) is 0 Å². The van der Waals surface area contributed by atoms with Gasteiger partial charge >= 0.3 is 5.69 Å². The van der Waals surface area contributed by atoms with Crippen LogP contribution in [-0.4, -0.2) is 21.1 Å². The van der Waals surface area contributed by atoms with Crippen molar-refractivity contribution in [3.63, 3.8) is 0 Å². The Balaban J connectivity index is 2.79. The van der Waals surface area contributed by atoms with E-state index >= 15 is 0 Å². The summed E-state index contributed by atoms with van der Waals surface area (Å²) >= 11 is 0. The molecule has 2 aromatic rings.